The molecule has 0 atom stereocenters. The van der Waals surface area contributed by atoms with Crippen LogP contribution in [0.1, 0.15) is 33.1 Å². The lowest BCUT2D eigenvalue weighted by molar-refractivity contribution is -0.122. The van der Waals surface area contributed by atoms with Gasteiger partial charge in [0.1, 0.15) is 0 Å². The first-order valence-electron chi connectivity index (χ1n) is 6.93. The van der Waals surface area contributed by atoms with Gasteiger partial charge < -0.3 is 9.88 Å². The van der Waals surface area contributed by atoms with E-state index in [0.29, 0.717) is 19.0 Å². The lowest BCUT2D eigenvalue weighted by Crippen LogP contribution is -2.34. The maximum absolute atomic E-state index is 11.9. The molecule has 0 saturated carbocycles. The topological polar surface area (TPSA) is 46.9 Å². The third kappa shape index (κ3) is 3.34. The van der Waals surface area contributed by atoms with Gasteiger partial charge in [-0.2, -0.15) is 0 Å². The molecule has 0 bridgehead atoms. The van der Waals surface area contributed by atoms with Gasteiger partial charge in [0, 0.05) is 19.0 Å². The number of rotatable bonds is 6. The number of nitrogens with one attached hydrogen (secondary N) is 1. The van der Waals surface area contributed by atoms with Crippen LogP contribution in [0, 0.1) is 0 Å². The number of carbonyl (C=O) groups is 1. The Morgan fingerprint density at radius 2 is 2.05 bits per heavy atom. The number of aryl methyl sites for hydroxylation is 1. The first kappa shape index (κ1) is 13.6. The van der Waals surface area contributed by atoms with Crippen molar-refractivity contribution in [3.8, 4) is 0 Å². The fraction of sp³-hybridized carbons (Fsp3) is 0.467. The standard InChI is InChI=1S/C15H21N3O/c1-3-12(4-2)17-15(19)9-10-18-11-16-13-7-5-6-8-14(13)18/h5-8,11-12H,3-4,9-10H2,1-2H3,(H,17,19). The Hall–Kier alpha value is -1.84. The molecule has 19 heavy (non-hydrogen) atoms. The number of benzene rings is 1. The van der Waals surface area contributed by atoms with Gasteiger partial charge in [0.2, 0.25) is 5.91 Å². The van der Waals surface area contributed by atoms with Gasteiger partial charge >= 0.3 is 0 Å². The van der Waals surface area contributed by atoms with Crippen LogP contribution in [0.3, 0.4) is 0 Å². The third-order valence-electron chi connectivity index (χ3n) is 3.46. The van der Waals surface area contributed by atoms with Gasteiger partial charge in [-0.3, -0.25) is 4.79 Å². The first-order chi connectivity index (χ1) is 9.24. The van der Waals surface area contributed by atoms with Crippen molar-refractivity contribution in [1.29, 1.82) is 0 Å². The molecule has 0 unspecified atom stereocenters. The van der Waals surface area contributed by atoms with Crippen molar-refractivity contribution >= 4 is 16.9 Å². The summed E-state index contributed by atoms with van der Waals surface area (Å²) in [4.78, 5) is 16.2. The molecule has 102 valence electrons. The van der Waals surface area contributed by atoms with Crippen LogP contribution in [0.2, 0.25) is 0 Å². The van der Waals surface area contributed by atoms with Crippen molar-refractivity contribution in [2.24, 2.45) is 0 Å². The summed E-state index contributed by atoms with van der Waals surface area (Å²) in [6, 6.07) is 8.27. The highest BCUT2D eigenvalue weighted by Gasteiger charge is 2.09. The fourth-order valence-corrected chi connectivity index (χ4v) is 2.20. The number of hydrogen-bond donors (Lipinski definition) is 1. The van der Waals surface area contributed by atoms with Gasteiger partial charge in [-0.05, 0) is 25.0 Å². The second-order valence-corrected chi connectivity index (χ2v) is 4.76. The Morgan fingerprint density at radius 1 is 1.32 bits per heavy atom. The van der Waals surface area contributed by atoms with Crippen LogP contribution >= 0.6 is 0 Å². The number of carbonyl (C=O) groups excluding carboxylic acids is 1. The molecule has 0 aliphatic heterocycles. The van der Waals surface area contributed by atoms with Crippen LogP contribution in [0.15, 0.2) is 30.6 Å². The minimum Gasteiger partial charge on any atom is -0.353 e. The Bertz CT molecular complexity index is 543. The lowest BCUT2D eigenvalue weighted by atomic mass is 10.1. The van der Waals surface area contributed by atoms with E-state index in [4.69, 9.17) is 0 Å². The van der Waals surface area contributed by atoms with E-state index in [1.807, 2.05) is 28.8 Å². The molecule has 0 fully saturated rings. The predicted molar refractivity (Wildman–Crippen MR) is 76.9 cm³/mol. The zero-order valence-corrected chi connectivity index (χ0v) is 11.6. The van der Waals surface area contributed by atoms with Gasteiger partial charge in [-0.25, -0.2) is 4.98 Å². The third-order valence-corrected chi connectivity index (χ3v) is 3.46. The predicted octanol–water partition coefficient (Wildman–Crippen LogP) is 2.73. The first-order valence-corrected chi connectivity index (χ1v) is 6.93. The van der Waals surface area contributed by atoms with Crippen LogP contribution < -0.4 is 5.32 Å². The molecule has 1 aromatic carbocycles. The van der Waals surface area contributed by atoms with Crippen molar-refractivity contribution < 1.29 is 4.79 Å². The molecule has 4 nitrogen and oxygen atoms in total. The summed E-state index contributed by atoms with van der Waals surface area (Å²) in [7, 11) is 0. The fourth-order valence-electron chi connectivity index (χ4n) is 2.20. The van der Waals surface area contributed by atoms with Crippen molar-refractivity contribution in [1.82, 2.24) is 14.9 Å². The van der Waals surface area contributed by atoms with Gasteiger partial charge in [-0.15, -0.1) is 0 Å². The van der Waals surface area contributed by atoms with Crippen molar-refractivity contribution in [3.63, 3.8) is 0 Å². The molecule has 0 aliphatic carbocycles. The normalized spacial score (nSPS) is 11.1. The molecule has 0 radical (unpaired) electrons. The summed E-state index contributed by atoms with van der Waals surface area (Å²) in [6.45, 7) is 4.86. The van der Waals surface area contributed by atoms with E-state index in [9.17, 15) is 4.79 Å². The quantitative estimate of drug-likeness (QED) is 0.867. The Kier molecular flexibility index (Phi) is 4.55. The van der Waals surface area contributed by atoms with E-state index in [0.717, 1.165) is 23.9 Å². The van der Waals surface area contributed by atoms with Gasteiger partial charge in [0.25, 0.3) is 0 Å². The van der Waals surface area contributed by atoms with E-state index >= 15 is 0 Å². The lowest BCUT2D eigenvalue weighted by Gasteiger charge is -2.14. The maximum Gasteiger partial charge on any atom is 0.222 e. The summed E-state index contributed by atoms with van der Waals surface area (Å²) in [5, 5.41) is 3.05. The van der Waals surface area contributed by atoms with Gasteiger partial charge in [0.05, 0.1) is 17.4 Å². The summed E-state index contributed by atoms with van der Waals surface area (Å²) in [6.07, 6.45) is 4.26. The minimum atomic E-state index is 0.117. The molecular formula is C15H21N3O. The molecule has 1 amide bonds. The monoisotopic (exact) mass is 259 g/mol. The summed E-state index contributed by atoms with van der Waals surface area (Å²) in [5.74, 6) is 0.117. The molecule has 2 aromatic rings. The highest BCUT2D eigenvalue weighted by Crippen LogP contribution is 2.12. The molecular weight excluding hydrogens is 238 g/mol. The molecule has 4 heteroatoms. The SMILES string of the molecule is CCC(CC)NC(=O)CCn1cnc2ccccc21. The average Bonchev–Trinajstić information content (AvgIpc) is 2.86. The van der Waals surface area contributed by atoms with Gasteiger partial charge in [0.15, 0.2) is 0 Å². The molecule has 2 rings (SSSR count). The van der Waals surface area contributed by atoms with Crippen molar-refractivity contribution in [2.45, 2.75) is 45.7 Å². The maximum atomic E-state index is 11.9. The van der Waals surface area contributed by atoms with Crippen LogP contribution in [0.5, 0.6) is 0 Å². The summed E-state index contributed by atoms with van der Waals surface area (Å²) in [5.41, 5.74) is 2.06. The molecule has 0 aliphatic rings. The zero-order chi connectivity index (χ0) is 13.7. The van der Waals surface area contributed by atoms with E-state index in [-0.39, 0.29) is 5.91 Å². The number of imidazole rings is 1. The van der Waals surface area contributed by atoms with E-state index in [2.05, 4.69) is 24.1 Å². The van der Waals surface area contributed by atoms with E-state index < -0.39 is 0 Å². The van der Waals surface area contributed by atoms with E-state index in [1.54, 1.807) is 6.33 Å². The molecule has 1 N–H and O–H groups in total. The van der Waals surface area contributed by atoms with Crippen LogP contribution in [0.4, 0.5) is 0 Å². The largest absolute Gasteiger partial charge is 0.353 e. The number of amides is 1. The highest BCUT2D eigenvalue weighted by atomic mass is 16.1. The smallest absolute Gasteiger partial charge is 0.222 e. The molecule has 0 saturated heterocycles. The highest BCUT2D eigenvalue weighted by molar-refractivity contribution is 5.77. The zero-order valence-electron chi connectivity index (χ0n) is 11.6. The number of fused-ring (bicyclic) bond motifs is 1. The number of nitrogens with zero attached hydrogens (tertiary/aromatic N) is 2. The Balaban J connectivity index is 1.93. The molecule has 1 aromatic heterocycles. The summed E-state index contributed by atoms with van der Waals surface area (Å²) >= 11 is 0. The van der Waals surface area contributed by atoms with E-state index in [1.165, 1.54) is 0 Å². The molecule has 1 heterocycles. The van der Waals surface area contributed by atoms with Crippen LogP contribution in [-0.4, -0.2) is 21.5 Å². The van der Waals surface area contributed by atoms with Crippen molar-refractivity contribution in [2.75, 3.05) is 0 Å². The number of hydrogen-bond acceptors (Lipinski definition) is 2. The number of aromatic nitrogens is 2. The summed E-state index contributed by atoms with van der Waals surface area (Å²) < 4.78 is 2.03. The van der Waals surface area contributed by atoms with Crippen molar-refractivity contribution in [3.05, 3.63) is 30.6 Å². The number of para-hydroxylation sites is 2. The Morgan fingerprint density at radius 3 is 2.79 bits per heavy atom. The van der Waals surface area contributed by atoms with Gasteiger partial charge in [-0.1, -0.05) is 26.0 Å². The average molecular weight is 259 g/mol. The minimum absolute atomic E-state index is 0.117. The second kappa shape index (κ2) is 6.36. The van der Waals surface area contributed by atoms with Crippen LogP contribution in [-0.2, 0) is 11.3 Å². The van der Waals surface area contributed by atoms with Crippen LogP contribution in [0.25, 0.3) is 11.0 Å². The molecule has 0 spiro atoms. The Labute approximate surface area is 113 Å². The second-order valence-electron chi connectivity index (χ2n) is 4.76.